The molecule has 0 bridgehead atoms. The van der Waals surface area contributed by atoms with Crippen molar-refractivity contribution in [1.29, 1.82) is 0 Å². The van der Waals surface area contributed by atoms with Gasteiger partial charge in [0.05, 0.1) is 5.25 Å². The van der Waals surface area contributed by atoms with Crippen LogP contribution in [0.25, 0.3) is 0 Å². The Morgan fingerprint density at radius 2 is 1.90 bits per heavy atom. The van der Waals surface area contributed by atoms with Crippen LogP contribution in [0.1, 0.15) is 70.2 Å². The number of hydrogen-bond donors (Lipinski definition) is 2. The number of carbonyl (C=O) groups is 1. The van der Waals surface area contributed by atoms with Crippen molar-refractivity contribution in [2.45, 2.75) is 81.8 Å². The summed E-state index contributed by atoms with van der Waals surface area (Å²) in [5, 5.41) is 11.6. The van der Waals surface area contributed by atoms with E-state index in [2.05, 4.69) is 41.5 Å². The number of ether oxygens (including phenoxy) is 1. The number of amides is 1. The van der Waals surface area contributed by atoms with Crippen molar-refractivity contribution in [3.8, 4) is 5.75 Å². The average Bonchev–Trinajstić information content (AvgIpc) is 3.06. The highest BCUT2D eigenvalue weighted by Crippen LogP contribution is 2.23. The van der Waals surface area contributed by atoms with E-state index in [4.69, 9.17) is 10.6 Å². The van der Waals surface area contributed by atoms with Crippen molar-refractivity contribution >= 4 is 17.7 Å². The zero-order chi connectivity index (χ0) is 20.8. The van der Waals surface area contributed by atoms with E-state index in [1.54, 1.807) is 0 Å². The van der Waals surface area contributed by atoms with Gasteiger partial charge in [-0.25, -0.2) is 4.68 Å². The molecular weight excluding hydrogens is 386 g/mol. The van der Waals surface area contributed by atoms with Crippen molar-refractivity contribution in [3.63, 3.8) is 0 Å². The fourth-order valence-electron chi connectivity index (χ4n) is 3.36. The van der Waals surface area contributed by atoms with E-state index < -0.39 is 0 Å². The van der Waals surface area contributed by atoms with Crippen molar-refractivity contribution < 1.29 is 9.53 Å². The van der Waals surface area contributed by atoms with Crippen LogP contribution in [-0.2, 0) is 11.4 Å². The molecule has 0 saturated heterocycles. The highest BCUT2D eigenvalue weighted by molar-refractivity contribution is 8.00. The van der Waals surface area contributed by atoms with Crippen LogP contribution >= 0.6 is 11.8 Å². The lowest BCUT2D eigenvalue weighted by Crippen LogP contribution is -2.40. The van der Waals surface area contributed by atoms with Gasteiger partial charge in [0.15, 0.2) is 5.82 Å². The molecule has 1 aromatic carbocycles. The van der Waals surface area contributed by atoms with Crippen LogP contribution in [0.15, 0.2) is 29.4 Å². The van der Waals surface area contributed by atoms with E-state index >= 15 is 0 Å². The maximum absolute atomic E-state index is 12.5. The molecule has 29 heavy (non-hydrogen) atoms. The lowest BCUT2D eigenvalue weighted by Gasteiger charge is -2.24. The molecule has 7 nitrogen and oxygen atoms in total. The van der Waals surface area contributed by atoms with Gasteiger partial charge in [-0.1, -0.05) is 57.0 Å². The van der Waals surface area contributed by atoms with Crippen molar-refractivity contribution in [3.05, 3.63) is 35.7 Å². The van der Waals surface area contributed by atoms with Gasteiger partial charge in [0.2, 0.25) is 11.1 Å². The molecule has 1 aromatic heterocycles. The number of nitrogen functional groups attached to an aromatic ring is 1. The number of nitrogens with one attached hydrogen (secondary N) is 1. The van der Waals surface area contributed by atoms with Gasteiger partial charge in [0, 0.05) is 6.04 Å². The topological polar surface area (TPSA) is 95.1 Å². The number of benzene rings is 1. The van der Waals surface area contributed by atoms with Crippen LogP contribution in [0.5, 0.6) is 5.75 Å². The first kappa shape index (κ1) is 21.5. The number of rotatable bonds is 8. The quantitative estimate of drug-likeness (QED) is 0.503. The molecule has 0 spiro atoms. The number of aromatic nitrogens is 3. The standard InChI is InChI=1S/C21H31N5O2S/c1-14(2)16-9-11-18(12-10-16)28-13-19-24-25-21(26(19)22)29-15(3)20(27)23-17-7-5-4-6-8-17/h9-12,14-15,17H,4-8,13,22H2,1-3H3,(H,23,27)/t15-/m0/s1. The molecular formula is C21H31N5O2S. The molecule has 8 heteroatoms. The molecule has 1 fully saturated rings. The largest absolute Gasteiger partial charge is 0.486 e. The van der Waals surface area contributed by atoms with E-state index in [1.165, 1.54) is 41.3 Å². The summed E-state index contributed by atoms with van der Waals surface area (Å²) in [5.41, 5.74) is 1.26. The van der Waals surface area contributed by atoms with Gasteiger partial charge >= 0.3 is 0 Å². The highest BCUT2D eigenvalue weighted by Gasteiger charge is 2.23. The van der Waals surface area contributed by atoms with Crippen LogP contribution in [0.3, 0.4) is 0 Å². The third kappa shape index (κ3) is 5.88. The summed E-state index contributed by atoms with van der Waals surface area (Å²) >= 11 is 1.31. The van der Waals surface area contributed by atoms with Crippen molar-refractivity contribution in [1.82, 2.24) is 20.2 Å². The Labute approximate surface area is 176 Å². The van der Waals surface area contributed by atoms with E-state index in [9.17, 15) is 4.79 Å². The van der Waals surface area contributed by atoms with Crippen LogP contribution in [0.4, 0.5) is 0 Å². The number of nitrogens with two attached hydrogens (primary N) is 1. The second-order valence-electron chi connectivity index (χ2n) is 7.88. The minimum Gasteiger partial charge on any atom is -0.486 e. The summed E-state index contributed by atoms with van der Waals surface area (Å²) in [6.45, 7) is 6.39. The second kappa shape index (κ2) is 10.0. The average molecular weight is 418 g/mol. The van der Waals surface area contributed by atoms with Gasteiger partial charge in [0.1, 0.15) is 12.4 Å². The molecule has 1 amide bonds. The van der Waals surface area contributed by atoms with Gasteiger partial charge in [-0.05, 0) is 43.4 Å². The molecule has 3 N–H and O–H groups in total. The van der Waals surface area contributed by atoms with E-state index in [1.807, 2.05) is 19.1 Å². The molecule has 1 heterocycles. The Hall–Kier alpha value is -2.22. The van der Waals surface area contributed by atoms with Crippen LogP contribution < -0.4 is 15.9 Å². The normalized spacial score (nSPS) is 16.0. The first-order valence-corrected chi connectivity index (χ1v) is 11.2. The first-order chi connectivity index (χ1) is 13.9. The molecule has 158 valence electrons. The SMILES string of the molecule is CC(C)c1ccc(OCc2nnc(S[C@@H](C)C(=O)NC3CCCCC3)n2N)cc1. The number of carbonyl (C=O) groups excluding carboxylic acids is 1. The Morgan fingerprint density at radius 3 is 2.55 bits per heavy atom. The van der Waals surface area contributed by atoms with Crippen molar-refractivity contribution in [2.24, 2.45) is 0 Å². The molecule has 0 aliphatic heterocycles. The summed E-state index contributed by atoms with van der Waals surface area (Å²) < 4.78 is 7.18. The van der Waals surface area contributed by atoms with Gasteiger partial charge in [-0.3, -0.25) is 4.79 Å². The Balaban J connectivity index is 1.52. The predicted molar refractivity (Wildman–Crippen MR) is 115 cm³/mol. The van der Waals surface area contributed by atoms with Crippen LogP contribution in [-0.4, -0.2) is 32.1 Å². The summed E-state index contributed by atoms with van der Waals surface area (Å²) in [6, 6.07) is 8.29. The zero-order valence-corrected chi connectivity index (χ0v) is 18.2. The third-order valence-electron chi connectivity index (χ3n) is 5.25. The van der Waals surface area contributed by atoms with Gasteiger partial charge < -0.3 is 15.9 Å². The fraction of sp³-hybridized carbons (Fsp3) is 0.571. The Morgan fingerprint density at radius 1 is 1.21 bits per heavy atom. The van der Waals surface area contributed by atoms with E-state index in [-0.39, 0.29) is 17.8 Å². The Bertz CT molecular complexity index is 800. The first-order valence-electron chi connectivity index (χ1n) is 10.3. The zero-order valence-electron chi connectivity index (χ0n) is 17.4. The maximum Gasteiger partial charge on any atom is 0.233 e. The molecule has 0 radical (unpaired) electrons. The highest BCUT2D eigenvalue weighted by atomic mass is 32.2. The van der Waals surface area contributed by atoms with Crippen molar-refractivity contribution in [2.75, 3.05) is 5.84 Å². The Kier molecular flexibility index (Phi) is 7.41. The summed E-state index contributed by atoms with van der Waals surface area (Å²) in [7, 11) is 0. The summed E-state index contributed by atoms with van der Waals surface area (Å²) in [5.74, 6) is 7.89. The summed E-state index contributed by atoms with van der Waals surface area (Å²) in [4.78, 5) is 12.5. The minimum atomic E-state index is -0.291. The molecule has 0 unspecified atom stereocenters. The number of hydrogen-bond acceptors (Lipinski definition) is 6. The van der Waals surface area contributed by atoms with Crippen LogP contribution in [0, 0.1) is 0 Å². The molecule has 1 aliphatic rings. The lowest BCUT2D eigenvalue weighted by molar-refractivity contribution is -0.121. The lowest BCUT2D eigenvalue weighted by atomic mass is 9.95. The number of thioether (sulfide) groups is 1. The fourth-order valence-corrected chi connectivity index (χ4v) is 4.16. The smallest absolute Gasteiger partial charge is 0.233 e. The van der Waals surface area contributed by atoms with Gasteiger partial charge in [0.25, 0.3) is 0 Å². The molecule has 2 aromatic rings. The molecule has 1 saturated carbocycles. The van der Waals surface area contributed by atoms with Gasteiger partial charge in [-0.2, -0.15) is 0 Å². The van der Waals surface area contributed by atoms with Gasteiger partial charge in [-0.15, -0.1) is 10.2 Å². The van der Waals surface area contributed by atoms with E-state index in [0.717, 1.165) is 18.6 Å². The minimum absolute atomic E-state index is 0.0212. The second-order valence-corrected chi connectivity index (χ2v) is 9.19. The molecule has 3 rings (SSSR count). The van der Waals surface area contributed by atoms with Crippen LogP contribution in [0.2, 0.25) is 0 Å². The van der Waals surface area contributed by atoms with E-state index in [0.29, 0.717) is 22.9 Å². The monoisotopic (exact) mass is 417 g/mol. The summed E-state index contributed by atoms with van der Waals surface area (Å²) in [6.07, 6.45) is 5.77. The molecule has 1 aliphatic carbocycles. The third-order valence-corrected chi connectivity index (χ3v) is 6.31. The predicted octanol–water partition coefficient (Wildman–Crippen LogP) is 3.62. The molecule has 1 atom stereocenters. The number of nitrogens with zero attached hydrogens (tertiary/aromatic N) is 3. The maximum atomic E-state index is 12.5.